The van der Waals surface area contributed by atoms with Crippen LogP contribution in [0, 0.1) is 20.2 Å². The molecule has 2 heterocycles. The van der Waals surface area contributed by atoms with Crippen molar-refractivity contribution in [2.24, 2.45) is 0 Å². The molecule has 11 heteroatoms. The molecule has 0 unspecified atom stereocenters. The van der Waals surface area contributed by atoms with Crippen molar-refractivity contribution in [2.75, 3.05) is 14.1 Å². The number of nitrogens with one attached hydrogen (secondary N) is 2. The molecule has 0 saturated heterocycles. The Bertz CT molecular complexity index is 3060. The van der Waals surface area contributed by atoms with Gasteiger partial charge in [-0.1, -0.05) is 72.8 Å². The smallest absolute Gasteiger partial charge is 0.277 e. The van der Waals surface area contributed by atoms with Crippen LogP contribution < -0.4 is 0 Å². The molecule has 0 atom stereocenters. The lowest BCUT2D eigenvalue weighted by Crippen LogP contribution is -2.18. The molecule has 0 spiro atoms. The van der Waals surface area contributed by atoms with Crippen LogP contribution in [0.3, 0.4) is 0 Å². The zero-order valence-corrected chi connectivity index (χ0v) is 32.6. The van der Waals surface area contributed by atoms with Crippen molar-refractivity contribution >= 4 is 57.0 Å². The van der Waals surface area contributed by atoms with Crippen LogP contribution in [0.5, 0.6) is 0 Å². The van der Waals surface area contributed by atoms with E-state index in [-0.39, 0.29) is 29.5 Å². The second-order valence-corrected chi connectivity index (χ2v) is 14.5. The molecule has 1 amide bonds. The predicted octanol–water partition coefficient (Wildman–Crippen LogP) is 11.1. The van der Waals surface area contributed by atoms with E-state index in [1.54, 1.807) is 62.6 Å². The Hall–Kier alpha value is -8.18. The third-order valence-corrected chi connectivity index (χ3v) is 10.5. The minimum atomic E-state index is -0.425. The third kappa shape index (κ3) is 7.74. The number of nitrogens with zero attached hydrogens (tertiary/aromatic N) is 3. The van der Waals surface area contributed by atoms with Crippen LogP contribution in [0.4, 0.5) is 11.4 Å². The molecule has 6 aromatic carbocycles. The number of nitro benzene ring substituents is 2. The van der Waals surface area contributed by atoms with Gasteiger partial charge in [0.15, 0.2) is 5.78 Å². The number of nitro groups is 2. The van der Waals surface area contributed by atoms with Gasteiger partial charge in [0.25, 0.3) is 11.4 Å². The van der Waals surface area contributed by atoms with Gasteiger partial charge in [0.1, 0.15) is 0 Å². The quantitative estimate of drug-likeness (QED) is 0.0713. The van der Waals surface area contributed by atoms with Crippen molar-refractivity contribution in [3.05, 3.63) is 189 Å². The number of aromatic amines is 2. The Balaban J connectivity index is 1.17. The highest BCUT2D eigenvalue weighted by atomic mass is 16.6. The van der Waals surface area contributed by atoms with Crippen LogP contribution in [0.1, 0.15) is 16.7 Å². The second kappa shape index (κ2) is 16.4. The Morgan fingerprint density at radius 2 is 1.10 bits per heavy atom. The number of ketones is 1. The van der Waals surface area contributed by atoms with Gasteiger partial charge >= 0.3 is 0 Å². The van der Waals surface area contributed by atoms with Gasteiger partial charge in [0.2, 0.25) is 5.91 Å². The lowest BCUT2D eigenvalue weighted by molar-refractivity contribution is -0.384. The Morgan fingerprint density at radius 1 is 0.567 bits per heavy atom. The summed E-state index contributed by atoms with van der Waals surface area (Å²) in [5, 5.41) is 26.0. The molecule has 294 valence electrons. The van der Waals surface area contributed by atoms with E-state index in [9.17, 15) is 29.8 Å². The topological polar surface area (TPSA) is 155 Å². The summed E-state index contributed by atoms with van der Waals surface area (Å²) in [5.74, 6) is -0.424. The van der Waals surface area contributed by atoms with Gasteiger partial charge in [0, 0.05) is 67.6 Å². The number of benzene rings is 6. The zero-order chi connectivity index (χ0) is 41.9. The van der Waals surface area contributed by atoms with E-state index in [1.807, 2.05) is 91.3 Å². The first kappa shape index (κ1) is 38.7. The van der Waals surface area contributed by atoms with Gasteiger partial charge in [-0.05, 0) is 105 Å². The fourth-order valence-electron chi connectivity index (χ4n) is 7.59. The number of likely N-dealkylation sites (N-methyl/N-ethyl adjacent to an activating group) is 1. The zero-order valence-electron chi connectivity index (χ0n) is 32.6. The van der Waals surface area contributed by atoms with Crippen molar-refractivity contribution in [1.29, 1.82) is 0 Å². The molecule has 11 nitrogen and oxygen atoms in total. The third-order valence-electron chi connectivity index (χ3n) is 10.5. The normalized spacial score (nSPS) is 11.5. The number of fused-ring (bicyclic) bond motifs is 2. The minimum Gasteiger partial charge on any atom is -0.361 e. The maximum atomic E-state index is 13.9. The number of carbonyl (C=O) groups is 2. The van der Waals surface area contributed by atoms with E-state index in [4.69, 9.17) is 0 Å². The van der Waals surface area contributed by atoms with E-state index in [1.165, 1.54) is 29.2 Å². The van der Waals surface area contributed by atoms with Crippen LogP contribution in [0.2, 0.25) is 0 Å². The van der Waals surface area contributed by atoms with E-state index in [0.717, 1.165) is 49.6 Å². The fraction of sp³-hybridized carbons (Fsp3) is 0.0612. The molecule has 0 saturated carbocycles. The molecular formula is C49H37N5O6. The van der Waals surface area contributed by atoms with E-state index < -0.39 is 9.85 Å². The summed E-state index contributed by atoms with van der Waals surface area (Å²) in [6.45, 7) is 0. The first-order valence-corrected chi connectivity index (χ1v) is 19.1. The molecule has 2 N–H and O–H groups in total. The Kier molecular flexibility index (Phi) is 10.5. The summed E-state index contributed by atoms with van der Waals surface area (Å²) < 4.78 is 0. The molecule has 8 aromatic rings. The number of H-pyrrole nitrogens is 2. The highest BCUT2D eigenvalue weighted by Crippen LogP contribution is 2.39. The van der Waals surface area contributed by atoms with Gasteiger partial charge in [-0.25, -0.2) is 0 Å². The number of carbonyl (C=O) groups excluding carboxylic acids is 2. The number of rotatable bonds is 12. The minimum absolute atomic E-state index is 0.0389. The fourth-order valence-corrected chi connectivity index (χ4v) is 7.59. The molecule has 0 fully saturated rings. The summed E-state index contributed by atoms with van der Waals surface area (Å²) in [6, 6.07) is 38.2. The van der Waals surface area contributed by atoms with Gasteiger partial charge in [-0.3, -0.25) is 29.8 Å². The predicted molar refractivity (Wildman–Crippen MR) is 237 cm³/mol. The van der Waals surface area contributed by atoms with Crippen molar-refractivity contribution in [3.63, 3.8) is 0 Å². The first-order valence-electron chi connectivity index (χ1n) is 19.1. The number of para-hydroxylation sites is 3. The molecule has 0 bridgehead atoms. The van der Waals surface area contributed by atoms with Crippen molar-refractivity contribution in [2.45, 2.75) is 6.42 Å². The highest BCUT2D eigenvalue weighted by molar-refractivity contribution is 6.01. The molecule has 8 rings (SSSR count). The second-order valence-electron chi connectivity index (χ2n) is 14.5. The molecule has 0 radical (unpaired) electrons. The molecule has 0 aliphatic heterocycles. The SMILES string of the molecule is CN(C)C(=O)/C=C/c1cc(-c2cc(CC(=O)/C=C/c3cc(-c4cccc5cc[nH]c45)ccc3-c3ccccc3[N+](=O)[O-])cc3cc[nH]c23)ccc1-c1ccccc1[N+](=O)[O-]. The number of hydrogen-bond donors (Lipinski definition) is 2. The lowest BCUT2D eigenvalue weighted by Gasteiger charge is -2.13. The van der Waals surface area contributed by atoms with Crippen LogP contribution in [-0.4, -0.2) is 50.5 Å². The maximum absolute atomic E-state index is 13.9. The van der Waals surface area contributed by atoms with E-state index in [2.05, 4.69) is 9.97 Å². The first-order chi connectivity index (χ1) is 29.0. The van der Waals surface area contributed by atoms with Gasteiger partial charge < -0.3 is 14.9 Å². The van der Waals surface area contributed by atoms with E-state index in [0.29, 0.717) is 33.4 Å². The summed E-state index contributed by atoms with van der Waals surface area (Å²) in [5.41, 5.74) is 9.17. The average molecular weight is 792 g/mol. The molecular weight excluding hydrogens is 755 g/mol. The van der Waals surface area contributed by atoms with Crippen LogP contribution in [0.15, 0.2) is 152 Å². The number of amides is 1. The summed E-state index contributed by atoms with van der Waals surface area (Å²) >= 11 is 0. The number of allylic oxidation sites excluding steroid dienone is 1. The molecule has 0 aliphatic rings. The van der Waals surface area contributed by atoms with Crippen LogP contribution in [0.25, 0.3) is 78.5 Å². The molecule has 60 heavy (non-hydrogen) atoms. The van der Waals surface area contributed by atoms with Crippen molar-refractivity contribution in [3.8, 4) is 44.5 Å². The molecule has 0 aliphatic carbocycles. The van der Waals surface area contributed by atoms with Gasteiger partial charge in [-0.15, -0.1) is 0 Å². The average Bonchev–Trinajstić information content (AvgIpc) is 3.95. The van der Waals surface area contributed by atoms with E-state index >= 15 is 0 Å². The number of aromatic nitrogens is 2. The Morgan fingerprint density at radius 3 is 1.70 bits per heavy atom. The Labute approximate surface area is 344 Å². The summed E-state index contributed by atoms with van der Waals surface area (Å²) in [4.78, 5) is 57.8. The van der Waals surface area contributed by atoms with Crippen LogP contribution in [-0.2, 0) is 16.0 Å². The summed E-state index contributed by atoms with van der Waals surface area (Å²) in [7, 11) is 3.29. The van der Waals surface area contributed by atoms with Gasteiger partial charge in [0.05, 0.1) is 32.0 Å². The summed E-state index contributed by atoms with van der Waals surface area (Å²) in [6.07, 6.45) is 10.1. The maximum Gasteiger partial charge on any atom is 0.277 e. The monoisotopic (exact) mass is 791 g/mol. The molecule has 2 aromatic heterocycles. The van der Waals surface area contributed by atoms with Crippen molar-refractivity contribution in [1.82, 2.24) is 14.9 Å². The standard InChI is InChI=1S/C49H37N5O6/c1-52(2)47(56)21-17-34-30-36(16-20-40(34)43-10-4-6-13-46(43)54(59)60)44-28-31(26-37-23-25-51-49(37)44)27-38(55)18-14-33-29-35(41-11-7-8-32-22-24-50-48(32)41)15-19-39(33)42-9-3-5-12-45(42)53(57)58/h3-26,28-30,50-51H,27H2,1-2H3/b18-14+,21-17+. The van der Waals surface area contributed by atoms with Crippen LogP contribution >= 0.6 is 0 Å². The highest BCUT2D eigenvalue weighted by Gasteiger charge is 2.20. The lowest BCUT2D eigenvalue weighted by atomic mass is 9.91. The number of hydrogen-bond acceptors (Lipinski definition) is 6. The largest absolute Gasteiger partial charge is 0.361 e. The van der Waals surface area contributed by atoms with Gasteiger partial charge in [-0.2, -0.15) is 0 Å². The van der Waals surface area contributed by atoms with Crippen molar-refractivity contribution < 1.29 is 19.4 Å².